The Morgan fingerprint density at radius 1 is 1.11 bits per heavy atom. The number of hydrogen-bond acceptors (Lipinski definition) is 4. The van der Waals surface area contributed by atoms with Gasteiger partial charge in [-0.1, -0.05) is 17.7 Å². The molecular formula is C28H26ClN5O2S. The molecule has 0 spiro atoms. The van der Waals surface area contributed by atoms with Gasteiger partial charge in [0.1, 0.15) is 12.6 Å². The molecule has 2 aromatic carbocycles. The Bertz CT molecular complexity index is 1420. The number of pyridine rings is 1. The molecule has 1 saturated heterocycles. The number of aryl methyl sites for hydroxylation is 1. The maximum Gasteiger partial charge on any atom is 0.250 e. The first-order valence-electron chi connectivity index (χ1n) is 11.8. The molecule has 0 saturated carbocycles. The zero-order valence-electron chi connectivity index (χ0n) is 20.4. The van der Waals surface area contributed by atoms with Crippen molar-refractivity contribution in [3.63, 3.8) is 0 Å². The number of amides is 1. The lowest BCUT2D eigenvalue weighted by Crippen LogP contribution is -2.30. The van der Waals surface area contributed by atoms with Gasteiger partial charge in [0.25, 0.3) is 0 Å². The molecule has 2 atom stereocenters. The summed E-state index contributed by atoms with van der Waals surface area (Å²) in [5.41, 5.74) is 5.52. The summed E-state index contributed by atoms with van der Waals surface area (Å²) < 4.78 is 7.06. The lowest BCUT2D eigenvalue weighted by molar-refractivity contribution is -0.119. The fourth-order valence-corrected chi connectivity index (χ4v) is 5.08. The summed E-state index contributed by atoms with van der Waals surface area (Å²) in [6.45, 7) is 1.99. The molecule has 188 valence electrons. The van der Waals surface area contributed by atoms with Crippen molar-refractivity contribution < 1.29 is 9.53 Å². The molecule has 1 aliphatic heterocycles. The van der Waals surface area contributed by atoms with E-state index >= 15 is 0 Å². The number of carbonyl (C=O) groups is 1. The standard InChI is InChI=1S/C28H26ClN5O2S/c1-18-16-21(12-13-22(18)29)33-15-5-7-24(33)27-26(23-6-3-4-14-30-23)32-28(37)34(27)20-10-8-19(9-11-20)31-25(35)17-36-2/h3-16,26-27H,17H2,1-2H3,(H,31,35)(H,32,37)/t26-,27-/m1/s1. The number of thiocarbonyl (C=S) groups is 1. The first-order valence-corrected chi connectivity index (χ1v) is 12.6. The van der Waals surface area contributed by atoms with Crippen LogP contribution in [0.2, 0.25) is 5.02 Å². The summed E-state index contributed by atoms with van der Waals surface area (Å²) in [5.74, 6) is -0.210. The second-order valence-electron chi connectivity index (χ2n) is 8.76. The largest absolute Gasteiger partial charge is 0.375 e. The summed E-state index contributed by atoms with van der Waals surface area (Å²) >= 11 is 12.2. The van der Waals surface area contributed by atoms with Crippen molar-refractivity contribution in [2.24, 2.45) is 0 Å². The van der Waals surface area contributed by atoms with Crippen molar-refractivity contribution in [3.8, 4) is 5.69 Å². The van der Waals surface area contributed by atoms with Crippen LogP contribution < -0.4 is 15.5 Å². The summed E-state index contributed by atoms with van der Waals surface area (Å²) in [4.78, 5) is 18.7. The minimum Gasteiger partial charge on any atom is -0.375 e. The highest BCUT2D eigenvalue weighted by atomic mass is 35.5. The Balaban J connectivity index is 1.57. The number of nitrogens with one attached hydrogen (secondary N) is 2. The van der Waals surface area contributed by atoms with Crippen LogP contribution in [0.4, 0.5) is 11.4 Å². The molecule has 1 amide bonds. The summed E-state index contributed by atoms with van der Waals surface area (Å²) in [6, 6.07) is 23.3. The number of benzene rings is 2. The Morgan fingerprint density at radius 3 is 2.59 bits per heavy atom. The van der Waals surface area contributed by atoms with Crippen molar-refractivity contribution >= 4 is 46.2 Å². The highest BCUT2D eigenvalue weighted by Crippen LogP contribution is 2.42. The third kappa shape index (κ3) is 5.09. The monoisotopic (exact) mass is 531 g/mol. The average molecular weight is 532 g/mol. The summed E-state index contributed by atoms with van der Waals surface area (Å²) in [6.07, 6.45) is 3.83. The molecule has 37 heavy (non-hydrogen) atoms. The molecule has 0 unspecified atom stereocenters. The normalized spacial score (nSPS) is 17.1. The van der Waals surface area contributed by atoms with Crippen molar-refractivity contribution in [2.75, 3.05) is 23.9 Å². The molecule has 1 aliphatic rings. The van der Waals surface area contributed by atoms with Crippen LogP contribution in [0, 0.1) is 6.92 Å². The minimum absolute atomic E-state index is 0.00310. The maximum absolute atomic E-state index is 11.9. The predicted molar refractivity (Wildman–Crippen MR) is 150 cm³/mol. The highest BCUT2D eigenvalue weighted by molar-refractivity contribution is 7.80. The molecule has 2 aromatic heterocycles. The third-order valence-corrected chi connectivity index (χ3v) is 7.04. The maximum atomic E-state index is 11.9. The van der Waals surface area contributed by atoms with Crippen LogP contribution in [0.5, 0.6) is 0 Å². The lowest BCUT2D eigenvalue weighted by Gasteiger charge is -2.29. The summed E-state index contributed by atoms with van der Waals surface area (Å²) in [7, 11) is 1.49. The first-order chi connectivity index (χ1) is 18.0. The van der Waals surface area contributed by atoms with Gasteiger partial charge in [0, 0.05) is 47.3 Å². The van der Waals surface area contributed by atoms with Gasteiger partial charge >= 0.3 is 0 Å². The van der Waals surface area contributed by atoms with Crippen molar-refractivity contribution in [3.05, 3.63) is 107 Å². The molecule has 0 bridgehead atoms. The molecule has 4 aromatic rings. The zero-order valence-corrected chi connectivity index (χ0v) is 22.0. The van der Waals surface area contributed by atoms with Gasteiger partial charge in [-0.25, -0.2) is 0 Å². The van der Waals surface area contributed by atoms with E-state index in [0.29, 0.717) is 10.8 Å². The molecule has 2 N–H and O–H groups in total. The van der Waals surface area contributed by atoms with Crippen molar-refractivity contribution in [1.82, 2.24) is 14.9 Å². The van der Waals surface area contributed by atoms with Crippen molar-refractivity contribution in [2.45, 2.75) is 19.0 Å². The molecule has 5 rings (SSSR count). The van der Waals surface area contributed by atoms with Gasteiger partial charge in [0.05, 0.1) is 11.7 Å². The fourth-order valence-electron chi connectivity index (χ4n) is 4.62. The van der Waals surface area contributed by atoms with E-state index in [1.165, 1.54) is 7.11 Å². The second-order valence-corrected chi connectivity index (χ2v) is 9.56. The van der Waals surface area contributed by atoms with Crippen LogP contribution in [0.15, 0.2) is 85.2 Å². The number of ether oxygens (including phenoxy) is 1. The lowest BCUT2D eigenvalue weighted by atomic mass is 10.0. The van der Waals surface area contributed by atoms with Gasteiger partial charge in [-0.05, 0) is 91.4 Å². The van der Waals surface area contributed by atoms with Gasteiger partial charge < -0.3 is 24.8 Å². The zero-order chi connectivity index (χ0) is 25.9. The molecule has 1 fully saturated rings. The van der Waals surface area contributed by atoms with Crippen LogP contribution >= 0.6 is 23.8 Å². The number of hydrogen-bond donors (Lipinski definition) is 2. The first kappa shape index (κ1) is 25.0. The minimum atomic E-state index is -0.210. The van der Waals surface area contributed by atoms with Gasteiger partial charge in [-0.15, -0.1) is 0 Å². The topological polar surface area (TPSA) is 71.4 Å². The van der Waals surface area contributed by atoms with Crippen LogP contribution in [0.25, 0.3) is 5.69 Å². The molecule has 3 heterocycles. The van der Waals surface area contributed by atoms with Gasteiger partial charge in [-0.2, -0.15) is 0 Å². The molecular weight excluding hydrogens is 506 g/mol. The van der Waals surface area contributed by atoms with E-state index in [1.807, 2.05) is 73.8 Å². The van der Waals surface area contributed by atoms with Crippen LogP contribution in [0.3, 0.4) is 0 Å². The van der Waals surface area contributed by atoms with E-state index < -0.39 is 0 Å². The number of anilines is 2. The number of nitrogens with zero attached hydrogens (tertiary/aromatic N) is 3. The fraction of sp³-hybridized carbons (Fsp3) is 0.179. The second kappa shape index (κ2) is 10.7. The molecule has 0 radical (unpaired) electrons. The van der Waals surface area contributed by atoms with Gasteiger partial charge in [0.15, 0.2) is 5.11 Å². The van der Waals surface area contributed by atoms with Crippen LogP contribution in [-0.2, 0) is 9.53 Å². The van der Waals surface area contributed by atoms with E-state index in [2.05, 4.69) is 37.2 Å². The van der Waals surface area contributed by atoms with Crippen LogP contribution in [0.1, 0.15) is 29.0 Å². The quantitative estimate of drug-likeness (QED) is 0.303. The predicted octanol–water partition coefficient (Wildman–Crippen LogP) is 5.60. The summed E-state index contributed by atoms with van der Waals surface area (Å²) in [5, 5.41) is 7.65. The highest BCUT2D eigenvalue weighted by Gasteiger charge is 2.42. The Morgan fingerprint density at radius 2 is 1.89 bits per heavy atom. The van der Waals surface area contributed by atoms with Crippen molar-refractivity contribution in [1.29, 1.82) is 0 Å². The van der Waals surface area contributed by atoms with Gasteiger partial charge in [-0.3, -0.25) is 9.78 Å². The van der Waals surface area contributed by atoms with E-state index in [-0.39, 0.29) is 24.6 Å². The smallest absolute Gasteiger partial charge is 0.250 e. The number of rotatable bonds is 7. The average Bonchev–Trinajstić information content (AvgIpc) is 3.51. The number of aromatic nitrogens is 2. The number of halogens is 1. The Kier molecular flexibility index (Phi) is 7.23. The number of methoxy groups -OCH3 is 1. The van der Waals surface area contributed by atoms with E-state index in [4.69, 9.17) is 28.6 Å². The Hall–Kier alpha value is -3.72. The van der Waals surface area contributed by atoms with E-state index in [1.54, 1.807) is 6.20 Å². The third-order valence-electron chi connectivity index (χ3n) is 6.31. The van der Waals surface area contributed by atoms with Crippen LogP contribution in [-0.4, -0.2) is 34.3 Å². The number of carbonyl (C=O) groups excluding carboxylic acids is 1. The van der Waals surface area contributed by atoms with E-state index in [9.17, 15) is 4.79 Å². The molecule has 7 nitrogen and oxygen atoms in total. The molecule has 0 aliphatic carbocycles. The molecule has 9 heteroatoms. The Labute approximate surface area is 226 Å². The SMILES string of the molecule is COCC(=O)Nc1ccc(N2C(=S)N[C@H](c3ccccn3)[C@H]2c2cccn2-c2ccc(Cl)c(C)c2)cc1. The van der Waals surface area contributed by atoms with E-state index in [0.717, 1.165) is 33.3 Å². The van der Waals surface area contributed by atoms with Gasteiger partial charge in [0.2, 0.25) is 5.91 Å².